The third kappa shape index (κ3) is 3.71. The maximum absolute atomic E-state index is 12.4. The molecule has 0 unspecified atom stereocenters. The van der Waals surface area contributed by atoms with Crippen molar-refractivity contribution in [3.63, 3.8) is 0 Å². The number of ether oxygens (including phenoxy) is 1. The van der Waals surface area contributed by atoms with E-state index in [-0.39, 0.29) is 11.9 Å². The molecule has 0 saturated heterocycles. The average molecular weight is 358 g/mol. The molecule has 0 atom stereocenters. The largest absolute Gasteiger partial charge is 0.462 e. The Labute approximate surface area is 153 Å². The minimum Gasteiger partial charge on any atom is -0.462 e. The summed E-state index contributed by atoms with van der Waals surface area (Å²) in [5, 5.41) is 9.70. The van der Waals surface area contributed by atoms with E-state index in [1.54, 1.807) is 13.0 Å². The Bertz CT molecular complexity index is 839. The quantitative estimate of drug-likeness (QED) is 0.612. The van der Waals surface area contributed by atoms with Crippen LogP contribution in [0.2, 0.25) is 0 Å². The molecule has 2 aromatic heterocycles. The first-order valence-corrected chi connectivity index (χ1v) is 8.69. The van der Waals surface area contributed by atoms with Crippen LogP contribution in [0.15, 0.2) is 6.08 Å². The maximum atomic E-state index is 12.4. The van der Waals surface area contributed by atoms with E-state index in [9.17, 15) is 9.59 Å². The predicted octanol–water partition coefficient (Wildman–Crippen LogP) is 3.29. The van der Waals surface area contributed by atoms with E-state index in [0.717, 1.165) is 29.3 Å². The highest BCUT2D eigenvalue weighted by Crippen LogP contribution is 2.25. The summed E-state index contributed by atoms with van der Waals surface area (Å²) < 4.78 is 7.22. The average Bonchev–Trinajstić information content (AvgIpc) is 3.03. The van der Waals surface area contributed by atoms with Gasteiger partial charge in [-0.1, -0.05) is 0 Å². The number of hydrogen-bond acceptors (Lipinski definition) is 4. The number of aryl methyl sites for hydroxylation is 2. The molecule has 0 fully saturated rings. The standard InChI is InChI=1S/C19H26N4O3/c1-7-23-13(5)15(17(14(23)6)19(25)26-8-2)9-10-16(24)20-18-11(3)21-22-12(18)4/h9-10H,7-8H2,1-6H3,(H,20,24)(H,21,22). The van der Waals surface area contributed by atoms with E-state index in [0.29, 0.717) is 23.4 Å². The van der Waals surface area contributed by atoms with Crippen LogP contribution in [0.1, 0.15) is 52.5 Å². The van der Waals surface area contributed by atoms with Crippen LogP contribution in [0.25, 0.3) is 6.08 Å². The Morgan fingerprint density at radius 1 is 1.19 bits per heavy atom. The molecule has 0 aliphatic heterocycles. The Morgan fingerprint density at radius 3 is 2.42 bits per heavy atom. The normalized spacial score (nSPS) is 11.2. The van der Waals surface area contributed by atoms with E-state index in [1.807, 2.05) is 39.2 Å². The summed E-state index contributed by atoms with van der Waals surface area (Å²) in [6, 6.07) is 0. The first-order chi connectivity index (χ1) is 12.3. The molecule has 0 saturated carbocycles. The molecule has 2 aromatic rings. The van der Waals surface area contributed by atoms with Crippen molar-refractivity contribution in [1.29, 1.82) is 0 Å². The first kappa shape index (κ1) is 19.5. The van der Waals surface area contributed by atoms with Crippen molar-refractivity contribution >= 4 is 23.6 Å². The van der Waals surface area contributed by atoms with Crippen molar-refractivity contribution in [2.75, 3.05) is 11.9 Å². The van der Waals surface area contributed by atoms with Gasteiger partial charge in [0.05, 0.1) is 29.2 Å². The van der Waals surface area contributed by atoms with Crippen LogP contribution in [0.5, 0.6) is 0 Å². The zero-order valence-electron chi connectivity index (χ0n) is 16.2. The van der Waals surface area contributed by atoms with Crippen molar-refractivity contribution in [3.05, 3.63) is 40.0 Å². The van der Waals surface area contributed by atoms with E-state index in [1.165, 1.54) is 6.08 Å². The molecular weight excluding hydrogens is 332 g/mol. The lowest BCUT2D eigenvalue weighted by Crippen LogP contribution is -2.10. The Hall–Kier alpha value is -2.83. The molecule has 7 nitrogen and oxygen atoms in total. The number of hydrogen-bond donors (Lipinski definition) is 2. The molecular formula is C19H26N4O3. The summed E-state index contributed by atoms with van der Waals surface area (Å²) in [6.07, 6.45) is 3.09. The molecule has 0 aliphatic carbocycles. The van der Waals surface area contributed by atoms with Crippen LogP contribution in [0, 0.1) is 27.7 Å². The summed E-state index contributed by atoms with van der Waals surface area (Å²) in [4.78, 5) is 24.7. The van der Waals surface area contributed by atoms with Crippen molar-refractivity contribution in [3.8, 4) is 0 Å². The topological polar surface area (TPSA) is 89.0 Å². The van der Waals surface area contributed by atoms with Gasteiger partial charge < -0.3 is 14.6 Å². The summed E-state index contributed by atoms with van der Waals surface area (Å²) in [5.41, 5.74) is 5.16. The number of carbonyl (C=O) groups is 2. The second kappa shape index (κ2) is 8.03. The molecule has 7 heteroatoms. The minimum atomic E-state index is -0.373. The number of H-pyrrole nitrogens is 1. The van der Waals surface area contributed by atoms with Crippen molar-refractivity contribution < 1.29 is 14.3 Å². The second-order valence-corrected chi connectivity index (χ2v) is 6.06. The number of aromatic nitrogens is 3. The van der Waals surface area contributed by atoms with Gasteiger partial charge in [-0.3, -0.25) is 9.89 Å². The molecule has 0 bridgehead atoms. The molecule has 2 rings (SSSR count). The number of esters is 1. The highest BCUT2D eigenvalue weighted by Gasteiger charge is 2.22. The van der Waals surface area contributed by atoms with E-state index in [4.69, 9.17) is 4.74 Å². The van der Waals surface area contributed by atoms with Gasteiger partial charge in [-0.05, 0) is 47.6 Å². The van der Waals surface area contributed by atoms with Crippen molar-refractivity contribution in [2.24, 2.45) is 0 Å². The van der Waals surface area contributed by atoms with Gasteiger partial charge in [0, 0.05) is 29.6 Å². The molecule has 0 aliphatic rings. The fourth-order valence-electron chi connectivity index (χ4n) is 3.11. The molecule has 0 radical (unpaired) electrons. The third-order valence-corrected chi connectivity index (χ3v) is 4.40. The lowest BCUT2D eigenvalue weighted by molar-refractivity contribution is -0.111. The van der Waals surface area contributed by atoms with Crippen LogP contribution in [-0.4, -0.2) is 33.2 Å². The minimum absolute atomic E-state index is 0.284. The first-order valence-electron chi connectivity index (χ1n) is 8.69. The molecule has 140 valence electrons. The van der Waals surface area contributed by atoms with E-state index < -0.39 is 0 Å². The van der Waals surface area contributed by atoms with E-state index in [2.05, 4.69) is 15.5 Å². The number of amides is 1. The van der Waals surface area contributed by atoms with Gasteiger partial charge in [0.15, 0.2) is 0 Å². The van der Waals surface area contributed by atoms with Crippen molar-refractivity contribution in [2.45, 2.75) is 48.1 Å². The molecule has 2 heterocycles. The molecule has 1 amide bonds. The smallest absolute Gasteiger partial charge is 0.340 e. The zero-order valence-corrected chi connectivity index (χ0v) is 16.2. The number of aromatic amines is 1. The summed E-state index contributed by atoms with van der Waals surface area (Å²) >= 11 is 0. The molecule has 2 N–H and O–H groups in total. The third-order valence-electron chi connectivity index (χ3n) is 4.40. The Kier molecular flexibility index (Phi) is 6.02. The van der Waals surface area contributed by atoms with Crippen LogP contribution >= 0.6 is 0 Å². The van der Waals surface area contributed by atoms with Gasteiger partial charge in [0.2, 0.25) is 5.91 Å². The van der Waals surface area contributed by atoms with E-state index >= 15 is 0 Å². The van der Waals surface area contributed by atoms with Crippen LogP contribution in [-0.2, 0) is 16.1 Å². The second-order valence-electron chi connectivity index (χ2n) is 6.06. The summed E-state index contributed by atoms with van der Waals surface area (Å²) in [6.45, 7) is 12.3. The van der Waals surface area contributed by atoms with Crippen LogP contribution < -0.4 is 5.32 Å². The van der Waals surface area contributed by atoms with Crippen LogP contribution in [0.3, 0.4) is 0 Å². The van der Waals surface area contributed by atoms with Crippen LogP contribution in [0.4, 0.5) is 5.69 Å². The summed E-state index contributed by atoms with van der Waals surface area (Å²) in [7, 11) is 0. The maximum Gasteiger partial charge on any atom is 0.340 e. The number of nitrogens with one attached hydrogen (secondary N) is 2. The fraction of sp³-hybridized carbons (Fsp3) is 0.421. The SMILES string of the molecule is CCOC(=O)c1c(C=CC(=O)Nc2c(C)n[nH]c2C)c(C)n(CC)c1C. The Morgan fingerprint density at radius 2 is 1.88 bits per heavy atom. The number of anilines is 1. The van der Waals surface area contributed by atoms with Crippen molar-refractivity contribution in [1.82, 2.24) is 14.8 Å². The molecule has 26 heavy (non-hydrogen) atoms. The fourth-order valence-corrected chi connectivity index (χ4v) is 3.11. The lowest BCUT2D eigenvalue weighted by atomic mass is 10.1. The number of carbonyl (C=O) groups excluding carboxylic acids is 2. The van der Waals surface area contributed by atoms with Gasteiger partial charge in [0.25, 0.3) is 0 Å². The lowest BCUT2D eigenvalue weighted by Gasteiger charge is -2.05. The van der Waals surface area contributed by atoms with Gasteiger partial charge in [-0.25, -0.2) is 4.79 Å². The molecule has 0 aromatic carbocycles. The zero-order chi connectivity index (χ0) is 19.4. The predicted molar refractivity (Wildman–Crippen MR) is 101 cm³/mol. The highest BCUT2D eigenvalue weighted by molar-refractivity contribution is 6.04. The highest BCUT2D eigenvalue weighted by atomic mass is 16.5. The Balaban J connectivity index is 2.34. The number of rotatable bonds is 6. The van der Waals surface area contributed by atoms with Gasteiger partial charge in [-0.2, -0.15) is 5.10 Å². The van der Waals surface area contributed by atoms with Gasteiger partial charge >= 0.3 is 5.97 Å². The molecule has 0 spiro atoms. The number of nitrogens with zero attached hydrogens (tertiary/aromatic N) is 2. The van der Waals surface area contributed by atoms with Gasteiger partial charge in [-0.15, -0.1) is 0 Å². The monoisotopic (exact) mass is 358 g/mol. The van der Waals surface area contributed by atoms with Gasteiger partial charge in [0.1, 0.15) is 0 Å². The summed E-state index contributed by atoms with van der Waals surface area (Å²) in [5.74, 6) is -0.657.